The van der Waals surface area contributed by atoms with Crippen molar-refractivity contribution in [2.45, 2.75) is 45.4 Å². The smallest absolute Gasteiger partial charge is 0.263 e. The quantitative estimate of drug-likeness (QED) is 0.395. The predicted molar refractivity (Wildman–Crippen MR) is 85.8 cm³/mol. The molecule has 0 atom stereocenters. The van der Waals surface area contributed by atoms with Gasteiger partial charge in [-0.15, -0.1) is 11.3 Å². The number of unbranched alkanes of at least 4 members (excludes halogenated alkanes) is 5. The lowest BCUT2D eigenvalue weighted by atomic mass is 10.1. The lowest BCUT2D eigenvalue weighted by Crippen LogP contribution is -2.31. The first-order valence-corrected chi connectivity index (χ1v) is 8.75. The van der Waals surface area contributed by atoms with Gasteiger partial charge in [-0.1, -0.05) is 39.0 Å². The Bertz CT molecular complexity index is 484. The minimum atomic E-state index is -0.104. The van der Waals surface area contributed by atoms with E-state index in [-0.39, 0.29) is 11.8 Å². The Morgan fingerprint density at radius 3 is 2.47 bits per heavy atom. The number of hydrogen-bond acceptors (Lipinski definition) is 3. The Labute approximate surface area is 131 Å². The minimum Gasteiger partial charge on any atom is -0.274 e. The zero-order chi connectivity index (χ0) is 13.8. The monoisotopic (exact) mass is 391 g/mol. The van der Waals surface area contributed by atoms with Crippen LogP contribution in [-0.2, 0) is 0 Å². The second-order valence-electron chi connectivity index (χ2n) is 4.83. The van der Waals surface area contributed by atoms with E-state index < -0.39 is 0 Å². The molecule has 0 spiro atoms. The first-order valence-electron chi connectivity index (χ1n) is 6.80. The van der Waals surface area contributed by atoms with Crippen LogP contribution >= 0.6 is 33.9 Å². The summed E-state index contributed by atoms with van der Waals surface area (Å²) >= 11 is 3.61. The van der Waals surface area contributed by atoms with Crippen LogP contribution in [0.25, 0.3) is 0 Å². The molecule has 104 valence electrons. The van der Waals surface area contributed by atoms with Gasteiger partial charge in [0.15, 0.2) is 0 Å². The summed E-state index contributed by atoms with van der Waals surface area (Å²) in [5.41, 5.74) is 1.23. The maximum atomic E-state index is 12.2. The van der Waals surface area contributed by atoms with Gasteiger partial charge in [0, 0.05) is 11.9 Å². The number of carbonyl (C=O) groups is 2. The Morgan fingerprint density at radius 1 is 1.11 bits per heavy atom. The largest absolute Gasteiger partial charge is 0.274 e. The molecule has 1 aromatic rings. The van der Waals surface area contributed by atoms with Crippen LogP contribution in [0.2, 0.25) is 0 Å². The Kier molecular flexibility index (Phi) is 5.38. The molecule has 5 heteroatoms. The van der Waals surface area contributed by atoms with Gasteiger partial charge in [0.2, 0.25) is 0 Å². The highest BCUT2D eigenvalue weighted by Crippen LogP contribution is 2.32. The van der Waals surface area contributed by atoms with Gasteiger partial charge >= 0.3 is 0 Å². The number of imide groups is 1. The Balaban J connectivity index is 1.83. The summed E-state index contributed by atoms with van der Waals surface area (Å²) in [7, 11) is 0. The molecule has 0 unspecified atom stereocenters. The first kappa shape index (κ1) is 15.0. The summed E-state index contributed by atoms with van der Waals surface area (Å²) in [6, 6.07) is 0. The Hall–Kier alpha value is -0.430. The molecular formula is C14H18INO2S. The van der Waals surface area contributed by atoms with Crippen LogP contribution in [0.3, 0.4) is 0 Å². The number of nitrogens with zero attached hydrogens (tertiary/aromatic N) is 1. The number of halogens is 1. The highest BCUT2D eigenvalue weighted by Gasteiger charge is 2.37. The van der Waals surface area contributed by atoms with E-state index in [0.29, 0.717) is 17.7 Å². The number of hydrogen-bond donors (Lipinski definition) is 0. The maximum absolute atomic E-state index is 12.2. The molecule has 1 aliphatic rings. The van der Waals surface area contributed by atoms with Gasteiger partial charge in [0.25, 0.3) is 11.8 Å². The van der Waals surface area contributed by atoms with Crippen LogP contribution in [0.15, 0.2) is 5.38 Å². The molecule has 1 aliphatic heterocycles. The summed E-state index contributed by atoms with van der Waals surface area (Å²) in [4.78, 5) is 25.7. The zero-order valence-corrected chi connectivity index (χ0v) is 14.1. The van der Waals surface area contributed by atoms with Crippen LogP contribution in [-0.4, -0.2) is 23.3 Å². The van der Waals surface area contributed by atoms with Crippen molar-refractivity contribution < 1.29 is 9.59 Å². The van der Waals surface area contributed by atoms with Crippen LogP contribution in [0.1, 0.15) is 66.2 Å². The average molecular weight is 391 g/mol. The highest BCUT2D eigenvalue weighted by molar-refractivity contribution is 14.1. The topological polar surface area (TPSA) is 37.4 Å². The number of amides is 2. The molecule has 1 aromatic heterocycles. The molecule has 0 fully saturated rings. The van der Waals surface area contributed by atoms with Crippen LogP contribution in [0.5, 0.6) is 0 Å². The molecule has 2 heterocycles. The summed E-state index contributed by atoms with van der Waals surface area (Å²) in [5.74, 6) is -0.202. The first-order chi connectivity index (χ1) is 9.16. The second kappa shape index (κ2) is 6.83. The van der Waals surface area contributed by atoms with Crippen LogP contribution in [0.4, 0.5) is 0 Å². The SMILES string of the molecule is CCCCCCCCN1C(=O)c2csc(I)c2C1=O. The van der Waals surface area contributed by atoms with Gasteiger partial charge in [0.05, 0.1) is 14.0 Å². The zero-order valence-electron chi connectivity index (χ0n) is 11.1. The molecule has 3 nitrogen and oxygen atoms in total. The van der Waals surface area contributed by atoms with Crippen molar-refractivity contribution in [1.29, 1.82) is 0 Å². The third kappa shape index (κ3) is 3.18. The van der Waals surface area contributed by atoms with E-state index in [1.54, 1.807) is 5.38 Å². The fourth-order valence-electron chi connectivity index (χ4n) is 2.32. The maximum Gasteiger partial charge on any atom is 0.263 e. The summed E-state index contributed by atoms with van der Waals surface area (Å²) in [6.07, 6.45) is 6.98. The molecule has 2 rings (SSSR count). The predicted octanol–water partition coefficient (Wildman–Crippen LogP) is 4.31. The molecule has 2 amide bonds. The van der Waals surface area contributed by atoms with E-state index in [4.69, 9.17) is 0 Å². The molecule has 0 saturated heterocycles. The lowest BCUT2D eigenvalue weighted by Gasteiger charge is -2.13. The third-order valence-corrected chi connectivity index (χ3v) is 5.48. The number of fused-ring (bicyclic) bond motifs is 1. The van der Waals surface area contributed by atoms with E-state index in [1.165, 1.54) is 41.9 Å². The standard InChI is InChI=1S/C14H18INO2S/c1-2-3-4-5-6-7-8-16-13(17)10-9-19-12(15)11(10)14(16)18/h9H,2-8H2,1H3. The van der Waals surface area contributed by atoms with Crippen LogP contribution < -0.4 is 0 Å². The van der Waals surface area contributed by atoms with Crippen molar-refractivity contribution in [2.75, 3.05) is 6.54 Å². The minimum absolute atomic E-state index is 0.0980. The third-order valence-electron chi connectivity index (χ3n) is 3.42. The average Bonchev–Trinajstić information content (AvgIpc) is 2.88. The van der Waals surface area contributed by atoms with Crippen molar-refractivity contribution in [1.82, 2.24) is 4.90 Å². The van der Waals surface area contributed by atoms with E-state index in [2.05, 4.69) is 29.5 Å². The van der Waals surface area contributed by atoms with E-state index >= 15 is 0 Å². The lowest BCUT2D eigenvalue weighted by molar-refractivity contribution is 0.0651. The van der Waals surface area contributed by atoms with Gasteiger partial charge in [-0.2, -0.15) is 0 Å². The van der Waals surface area contributed by atoms with Crippen molar-refractivity contribution in [3.05, 3.63) is 19.4 Å². The fraction of sp³-hybridized carbons (Fsp3) is 0.571. The molecule has 0 saturated carbocycles. The van der Waals surface area contributed by atoms with E-state index in [9.17, 15) is 9.59 Å². The molecule has 0 radical (unpaired) electrons. The summed E-state index contributed by atoms with van der Waals surface area (Å²) in [6.45, 7) is 2.76. The molecule has 19 heavy (non-hydrogen) atoms. The van der Waals surface area contributed by atoms with Crippen molar-refractivity contribution in [3.63, 3.8) is 0 Å². The number of carbonyl (C=O) groups excluding carboxylic acids is 2. The van der Waals surface area contributed by atoms with Crippen molar-refractivity contribution >= 4 is 45.7 Å². The number of thiophene rings is 1. The van der Waals surface area contributed by atoms with Gasteiger partial charge in [-0.05, 0) is 29.0 Å². The van der Waals surface area contributed by atoms with Gasteiger partial charge in [-0.25, -0.2) is 0 Å². The van der Waals surface area contributed by atoms with Crippen molar-refractivity contribution in [3.8, 4) is 0 Å². The molecule has 0 aromatic carbocycles. The molecule has 0 N–H and O–H groups in total. The highest BCUT2D eigenvalue weighted by atomic mass is 127. The Morgan fingerprint density at radius 2 is 1.79 bits per heavy atom. The summed E-state index contributed by atoms with van der Waals surface area (Å²) in [5, 5.41) is 1.80. The van der Waals surface area contributed by atoms with E-state index in [0.717, 1.165) is 15.7 Å². The normalized spacial score (nSPS) is 14.3. The van der Waals surface area contributed by atoms with E-state index in [1.807, 2.05) is 0 Å². The fourth-order valence-corrected chi connectivity index (χ4v) is 3.97. The van der Waals surface area contributed by atoms with Gasteiger partial charge in [0.1, 0.15) is 0 Å². The molecule has 0 bridgehead atoms. The van der Waals surface area contributed by atoms with Gasteiger partial charge in [-0.3, -0.25) is 14.5 Å². The van der Waals surface area contributed by atoms with Crippen molar-refractivity contribution in [2.24, 2.45) is 0 Å². The molecule has 0 aliphatic carbocycles. The summed E-state index contributed by atoms with van der Waals surface area (Å²) < 4.78 is 0.927. The second-order valence-corrected chi connectivity index (χ2v) is 7.52. The molecular weight excluding hydrogens is 373 g/mol. The van der Waals surface area contributed by atoms with Gasteiger partial charge < -0.3 is 0 Å². The van der Waals surface area contributed by atoms with Crippen LogP contribution in [0, 0.1) is 2.88 Å². The number of rotatable bonds is 7.